The molecule has 79 heavy (non-hydrogen) atoms. The lowest BCUT2D eigenvalue weighted by atomic mass is 9.43. The summed E-state index contributed by atoms with van der Waals surface area (Å²) in [5.74, 6) is -0.640. The van der Waals surface area contributed by atoms with Gasteiger partial charge in [0.2, 0.25) is 0 Å². The Bertz CT molecular complexity index is 7720. The van der Waals surface area contributed by atoms with Gasteiger partial charge in [0.15, 0.2) is 0 Å². The highest BCUT2D eigenvalue weighted by Crippen LogP contribution is 2.89. The maximum Gasteiger partial charge on any atom is 0.354 e. The lowest BCUT2D eigenvalue weighted by molar-refractivity contribution is -0.384. The van der Waals surface area contributed by atoms with Gasteiger partial charge in [-0.3, -0.25) is 10.1 Å². The Balaban J connectivity index is 1.10. The van der Waals surface area contributed by atoms with Crippen LogP contribution < -0.4 is 0 Å². The predicted octanol–water partition coefficient (Wildman–Crippen LogP) is 17.8. The highest BCUT2D eigenvalue weighted by molar-refractivity contribution is 6.82. The maximum atomic E-state index is 16.6. The van der Waals surface area contributed by atoms with E-state index in [1.165, 1.54) is 297 Å². The molecule has 34 rings (SSSR count). The first-order chi connectivity index (χ1) is 39.0. The molecular weight excluding hydrogens is 973 g/mol. The standard InChI is InChI=1S/C72H10N2O5/c1-2-78-69(75)70(7-73)72-66-60-54-44-32-24-16-12-10-11-14-18(16)26(32)36-30-22(14)23-15(11)19-17-13(10)21-20(12)28-34(24)42-48-38(28)39-29(21)35-25(17)33-27(19)37-31(23)41-40(30)52(46(36)54)62(66)63-53(41)47(37)55-45(33)51-43(35)49(39)57-56(48)64(58(60)50(42)44)71(72,65(57)59(51)61(55)67(63)72)68(79-70)8-3-5-9(6-4-8)74(76)77/h3-6,68H,2H2,1H3/t68-,70+,71?,72?/m1/s1. The van der Waals surface area contributed by atoms with E-state index >= 15 is 4.79 Å². The maximum absolute atomic E-state index is 16.6. The second-order valence-electron chi connectivity index (χ2n) is 27.2. The number of non-ortho nitro benzene ring substituents is 1. The molecule has 7 nitrogen and oxygen atoms in total. The summed E-state index contributed by atoms with van der Waals surface area (Å²) in [6.07, 6.45) is -0.923. The number of nitro groups is 1. The van der Waals surface area contributed by atoms with Gasteiger partial charge in [0, 0.05) is 12.1 Å². The average molecular weight is 983 g/mol. The minimum Gasteiger partial charge on any atom is -0.463 e. The van der Waals surface area contributed by atoms with Crippen molar-refractivity contribution in [3.63, 3.8) is 0 Å². The number of esters is 1. The summed E-state index contributed by atoms with van der Waals surface area (Å²) in [5.41, 5.74) is 0.576. The number of carbonyl (C=O) groups excluding carboxylic acids is 1. The fourth-order valence-corrected chi connectivity index (χ4v) is 26.4. The number of hydrogen-bond acceptors (Lipinski definition) is 6. The predicted molar refractivity (Wildman–Crippen MR) is 316 cm³/mol. The van der Waals surface area contributed by atoms with Crippen molar-refractivity contribution in [2.75, 3.05) is 6.61 Å². The van der Waals surface area contributed by atoms with Gasteiger partial charge in [-0.2, -0.15) is 5.26 Å². The molecule has 0 N–H and O–H groups in total. The van der Waals surface area contributed by atoms with Crippen LogP contribution in [0.25, 0.3) is 291 Å². The van der Waals surface area contributed by atoms with Crippen molar-refractivity contribution in [1.82, 2.24) is 0 Å². The van der Waals surface area contributed by atoms with Gasteiger partial charge in [-0.25, -0.2) is 4.79 Å². The first-order valence-electron chi connectivity index (χ1n) is 28.3. The van der Waals surface area contributed by atoms with Crippen molar-refractivity contribution in [1.29, 1.82) is 5.26 Å². The first kappa shape index (κ1) is 31.3. The van der Waals surface area contributed by atoms with Crippen molar-refractivity contribution in [3.05, 3.63) is 62.2 Å². The number of nitro benzene ring substituents is 1. The third-order valence-electron chi connectivity index (χ3n) is 26.7. The molecule has 1 saturated heterocycles. The molecule has 29 aromatic carbocycles. The van der Waals surface area contributed by atoms with Crippen LogP contribution >= 0.6 is 0 Å². The zero-order valence-corrected chi connectivity index (χ0v) is 40.0. The van der Waals surface area contributed by atoms with E-state index in [9.17, 15) is 15.4 Å². The van der Waals surface area contributed by atoms with Crippen molar-refractivity contribution in [2.45, 2.75) is 29.5 Å². The fourth-order valence-electron chi connectivity index (χ4n) is 26.4. The van der Waals surface area contributed by atoms with Crippen LogP contribution in [0.3, 0.4) is 0 Å². The van der Waals surface area contributed by atoms with E-state index < -0.39 is 28.5 Å². The van der Waals surface area contributed by atoms with Crippen LogP contribution in [0.1, 0.15) is 40.8 Å². The summed E-state index contributed by atoms with van der Waals surface area (Å²) in [4.78, 5) is 28.9. The van der Waals surface area contributed by atoms with Gasteiger partial charge in [0.05, 0.1) is 22.4 Å². The molecule has 29 aromatic rings. The summed E-state index contributed by atoms with van der Waals surface area (Å²) >= 11 is 0. The number of nitrogens with zero attached hydrogens (tertiary/aromatic N) is 2. The summed E-state index contributed by atoms with van der Waals surface area (Å²) < 4.78 is 14.6. The SMILES string of the molecule is CCOC(=O)[C@]1(C#N)O[C@H](c2ccc([N+](=O)[O-])cc2)C23c4c5c6c7c8c9c(c%10c%11c2c2c4c4c%12c5c5c6c6c8c8c%13c9c9c%10c%10c%11c%11c2c2c4c4c%12c%12c5c5c6c8c6c8c%13c9c9c%10c%10c%11c2c2c4c4c%12c5c6c5c8c9c%10c2c45)C731. The molecule has 1 aliphatic heterocycles. The van der Waals surface area contributed by atoms with E-state index in [1.54, 1.807) is 17.5 Å². The van der Waals surface area contributed by atoms with Gasteiger partial charge < -0.3 is 9.47 Å². The Morgan fingerprint density at radius 3 is 0.873 bits per heavy atom. The molecule has 0 bridgehead atoms. The highest BCUT2D eigenvalue weighted by Gasteiger charge is 2.86. The number of rotatable bonds is 4. The Labute approximate surface area is 429 Å². The minimum atomic E-state index is -2.20. The van der Waals surface area contributed by atoms with E-state index in [1.807, 2.05) is 19.1 Å². The van der Waals surface area contributed by atoms with E-state index in [4.69, 9.17) is 9.47 Å². The van der Waals surface area contributed by atoms with Gasteiger partial charge in [-0.15, -0.1) is 0 Å². The molecule has 0 unspecified atom stereocenters. The quantitative estimate of drug-likeness (QED) is 0.0753. The lowest BCUT2D eigenvalue weighted by Gasteiger charge is -2.53. The summed E-state index contributed by atoms with van der Waals surface area (Å²) in [6, 6.07) is 9.93. The highest BCUT2D eigenvalue weighted by atomic mass is 16.6. The number of ether oxygens (including phenoxy) is 2. The van der Waals surface area contributed by atoms with Crippen molar-refractivity contribution >= 4 is 303 Å². The Morgan fingerprint density at radius 1 is 0.430 bits per heavy atom. The van der Waals surface area contributed by atoms with Crippen LogP contribution in [0.2, 0.25) is 0 Å². The number of nitriles is 1. The van der Waals surface area contributed by atoms with Gasteiger partial charge >= 0.3 is 5.97 Å². The molecule has 2 atom stereocenters. The summed E-state index contributed by atoms with van der Waals surface area (Å²) in [7, 11) is 0. The third-order valence-corrected chi connectivity index (χ3v) is 26.7. The van der Waals surface area contributed by atoms with Crippen LogP contribution in [0.5, 0.6) is 0 Å². The minimum absolute atomic E-state index is 0.00769. The summed E-state index contributed by atoms with van der Waals surface area (Å²) in [6.45, 7) is 1.93. The van der Waals surface area contributed by atoms with E-state index in [-0.39, 0.29) is 17.2 Å². The molecule has 0 aromatic heterocycles. The second kappa shape index (κ2) is 7.26. The molecule has 1 heterocycles. The molecule has 5 aliphatic rings. The molecule has 0 amide bonds. The first-order valence-corrected chi connectivity index (χ1v) is 28.3. The fraction of sp³-hybridized carbons (Fsp3) is 0.0833. The van der Waals surface area contributed by atoms with Gasteiger partial charge in [-0.05, 0) is 338 Å². The molecule has 0 radical (unpaired) electrons. The molecule has 2 spiro atoms. The van der Waals surface area contributed by atoms with Crippen LogP contribution in [-0.2, 0) is 25.1 Å². The molecule has 7 heteroatoms. The summed E-state index contributed by atoms with van der Waals surface area (Å²) in [5, 5.41) is 102. The van der Waals surface area contributed by atoms with Crippen molar-refractivity contribution in [3.8, 4) is 6.07 Å². The monoisotopic (exact) mass is 982 g/mol. The molecule has 0 saturated carbocycles. The van der Waals surface area contributed by atoms with Crippen LogP contribution in [-0.4, -0.2) is 23.1 Å². The zero-order valence-electron chi connectivity index (χ0n) is 40.0. The van der Waals surface area contributed by atoms with Crippen LogP contribution in [0.15, 0.2) is 24.3 Å². The number of carbonyl (C=O) groups is 1. The third kappa shape index (κ3) is 1.74. The van der Waals surface area contributed by atoms with E-state index in [2.05, 4.69) is 6.07 Å². The number of hydrogen-bond donors (Lipinski definition) is 0. The second-order valence-corrected chi connectivity index (χ2v) is 27.2. The van der Waals surface area contributed by atoms with Crippen molar-refractivity contribution < 1.29 is 19.2 Å². The van der Waals surface area contributed by atoms with E-state index in [0.29, 0.717) is 0 Å². The van der Waals surface area contributed by atoms with Crippen LogP contribution in [0, 0.1) is 21.4 Å². The molecule has 338 valence electrons. The smallest absolute Gasteiger partial charge is 0.354 e. The molecular formula is C72H10N2O5. The van der Waals surface area contributed by atoms with E-state index in [0.717, 1.165) is 16.7 Å². The average Bonchev–Trinajstić information content (AvgIpc) is 1.75. The van der Waals surface area contributed by atoms with Crippen LogP contribution in [0.4, 0.5) is 5.69 Å². The lowest BCUT2D eigenvalue weighted by Crippen LogP contribution is -2.63. The molecule has 1 fully saturated rings. The Kier molecular flexibility index (Phi) is 2.88. The van der Waals surface area contributed by atoms with Gasteiger partial charge in [-0.1, -0.05) is 0 Å². The molecule has 4 aliphatic carbocycles. The normalized spacial score (nSPS) is 23.9. The van der Waals surface area contributed by atoms with Crippen molar-refractivity contribution in [2.24, 2.45) is 0 Å². The van der Waals surface area contributed by atoms with Gasteiger partial charge in [0.25, 0.3) is 11.3 Å². The largest absolute Gasteiger partial charge is 0.463 e. The Morgan fingerprint density at radius 2 is 0.658 bits per heavy atom. The Hall–Kier alpha value is -10.0. The number of benzene rings is 19. The zero-order chi connectivity index (χ0) is 48.5. The van der Waals surface area contributed by atoms with Gasteiger partial charge in [0.1, 0.15) is 12.2 Å². The topological polar surface area (TPSA) is 102 Å².